The van der Waals surface area contributed by atoms with E-state index in [0.29, 0.717) is 12.3 Å². The maximum atomic E-state index is 10.4. The van der Waals surface area contributed by atoms with Crippen LogP contribution in [0.2, 0.25) is 0 Å². The molecule has 0 aliphatic heterocycles. The number of benzene rings is 2. The Balaban J connectivity index is 1.88. The quantitative estimate of drug-likeness (QED) is 0.786. The van der Waals surface area contributed by atoms with Crippen LogP contribution in [-0.4, -0.2) is 10.1 Å². The lowest BCUT2D eigenvalue weighted by molar-refractivity contribution is 0.168. The fourth-order valence-corrected chi connectivity index (χ4v) is 2.40. The Morgan fingerprint density at radius 2 is 1.95 bits per heavy atom. The average molecular weight is 267 g/mol. The molecule has 0 spiro atoms. The SMILES string of the molecule is Cc1ccc(C)c(C(O)Cc2nc3ccccc3o2)c1. The molecular formula is C17H17NO2. The van der Waals surface area contributed by atoms with E-state index >= 15 is 0 Å². The number of hydrogen-bond donors (Lipinski definition) is 1. The van der Waals surface area contributed by atoms with Gasteiger partial charge in [0.15, 0.2) is 11.5 Å². The Bertz CT molecular complexity index is 713. The summed E-state index contributed by atoms with van der Waals surface area (Å²) in [6, 6.07) is 13.7. The normalized spacial score (nSPS) is 12.8. The minimum Gasteiger partial charge on any atom is -0.441 e. The van der Waals surface area contributed by atoms with Gasteiger partial charge >= 0.3 is 0 Å². The van der Waals surface area contributed by atoms with Gasteiger partial charge in [-0.05, 0) is 37.1 Å². The maximum absolute atomic E-state index is 10.4. The second kappa shape index (κ2) is 5.10. The topological polar surface area (TPSA) is 46.3 Å². The summed E-state index contributed by atoms with van der Waals surface area (Å²) in [6.07, 6.45) is -0.207. The van der Waals surface area contributed by atoms with E-state index < -0.39 is 6.10 Å². The van der Waals surface area contributed by atoms with Crippen molar-refractivity contribution in [1.82, 2.24) is 4.98 Å². The fourth-order valence-electron chi connectivity index (χ4n) is 2.40. The minimum atomic E-state index is -0.594. The highest BCUT2D eigenvalue weighted by molar-refractivity contribution is 5.72. The van der Waals surface area contributed by atoms with Gasteiger partial charge in [-0.3, -0.25) is 0 Å². The Hall–Kier alpha value is -2.13. The smallest absolute Gasteiger partial charge is 0.198 e. The summed E-state index contributed by atoms with van der Waals surface area (Å²) in [7, 11) is 0. The first-order chi connectivity index (χ1) is 9.63. The van der Waals surface area contributed by atoms with Crippen LogP contribution in [0, 0.1) is 13.8 Å². The number of aliphatic hydroxyl groups is 1. The van der Waals surface area contributed by atoms with E-state index in [0.717, 1.165) is 27.8 Å². The molecule has 0 saturated carbocycles. The lowest BCUT2D eigenvalue weighted by Gasteiger charge is -2.12. The van der Waals surface area contributed by atoms with Gasteiger partial charge in [-0.1, -0.05) is 35.9 Å². The van der Waals surface area contributed by atoms with Gasteiger partial charge in [-0.15, -0.1) is 0 Å². The van der Waals surface area contributed by atoms with E-state index in [4.69, 9.17) is 4.42 Å². The summed E-state index contributed by atoms with van der Waals surface area (Å²) < 4.78 is 5.66. The van der Waals surface area contributed by atoms with Gasteiger partial charge in [0, 0.05) is 0 Å². The van der Waals surface area contributed by atoms with Gasteiger partial charge in [0.25, 0.3) is 0 Å². The van der Waals surface area contributed by atoms with Crippen LogP contribution < -0.4 is 0 Å². The van der Waals surface area contributed by atoms with Crippen molar-refractivity contribution < 1.29 is 9.52 Å². The number of aliphatic hydroxyl groups excluding tert-OH is 1. The third kappa shape index (κ3) is 2.45. The van der Waals surface area contributed by atoms with Crippen LogP contribution in [0.1, 0.15) is 28.7 Å². The maximum Gasteiger partial charge on any atom is 0.198 e. The summed E-state index contributed by atoms with van der Waals surface area (Å²) in [4.78, 5) is 4.40. The molecule has 0 fully saturated rings. The Labute approximate surface area is 117 Å². The molecule has 1 aromatic heterocycles. The van der Waals surface area contributed by atoms with Gasteiger partial charge < -0.3 is 9.52 Å². The van der Waals surface area contributed by atoms with Gasteiger partial charge in [0.05, 0.1) is 12.5 Å². The van der Waals surface area contributed by atoms with Crippen LogP contribution >= 0.6 is 0 Å². The van der Waals surface area contributed by atoms with Crippen molar-refractivity contribution >= 4 is 11.1 Å². The zero-order chi connectivity index (χ0) is 14.1. The van der Waals surface area contributed by atoms with Crippen molar-refractivity contribution in [2.24, 2.45) is 0 Å². The number of nitrogens with zero attached hydrogens (tertiary/aromatic N) is 1. The van der Waals surface area contributed by atoms with Crippen LogP contribution in [0.5, 0.6) is 0 Å². The molecule has 3 heteroatoms. The molecule has 3 aromatic rings. The van der Waals surface area contributed by atoms with Crippen molar-refractivity contribution in [3.63, 3.8) is 0 Å². The first-order valence-corrected chi connectivity index (χ1v) is 6.73. The number of fused-ring (bicyclic) bond motifs is 1. The van der Waals surface area contributed by atoms with Crippen molar-refractivity contribution in [3.8, 4) is 0 Å². The Morgan fingerprint density at radius 1 is 1.15 bits per heavy atom. The molecule has 0 saturated heterocycles. The van der Waals surface area contributed by atoms with Crippen LogP contribution in [0.25, 0.3) is 11.1 Å². The van der Waals surface area contributed by atoms with Gasteiger partial charge in [-0.25, -0.2) is 4.98 Å². The van der Waals surface area contributed by atoms with E-state index in [-0.39, 0.29) is 0 Å². The van der Waals surface area contributed by atoms with Crippen molar-refractivity contribution in [2.75, 3.05) is 0 Å². The van der Waals surface area contributed by atoms with Crippen molar-refractivity contribution in [3.05, 3.63) is 65.0 Å². The second-order valence-electron chi connectivity index (χ2n) is 5.16. The minimum absolute atomic E-state index is 0.388. The third-order valence-electron chi connectivity index (χ3n) is 3.50. The highest BCUT2D eigenvalue weighted by Gasteiger charge is 2.15. The zero-order valence-electron chi connectivity index (χ0n) is 11.6. The molecule has 1 N–H and O–H groups in total. The molecule has 0 radical (unpaired) electrons. The van der Waals surface area contributed by atoms with E-state index in [1.807, 2.05) is 56.3 Å². The monoisotopic (exact) mass is 267 g/mol. The molecule has 1 heterocycles. The number of rotatable bonds is 3. The molecule has 0 aliphatic rings. The summed E-state index contributed by atoms with van der Waals surface area (Å²) in [5.74, 6) is 0.569. The third-order valence-corrected chi connectivity index (χ3v) is 3.50. The van der Waals surface area contributed by atoms with Gasteiger partial charge in [-0.2, -0.15) is 0 Å². The molecule has 20 heavy (non-hydrogen) atoms. The number of aromatic nitrogens is 1. The van der Waals surface area contributed by atoms with Gasteiger partial charge in [0.1, 0.15) is 5.52 Å². The van der Waals surface area contributed by atoms with Gasteiger partial charge in [0.2, 0.25) is 0 Å². The van der Waals surface area contributed by atoms with E-state index in [9.17, 15) is 5.11 Å². The van der Waals surface area contributed by atoms with E-state index in [1.54, 1.807) is 0 Å². The van der Waals surface area contributed by atoms with Crippen LogP contribution in [-0.2, 0) is 6.42 Å². The predicted molar refractivity (Wildman–Crippen MR) is 78.6 cm³/mol. The molecule has 3 nitrogen and oxygen atoms in total. The Kier molecular flexibility index (Phi) is 3.28. The second-order valence-corrected chi connectivity index (χ2v) is 5.16. The number of para-hydroxylation sites is 2. The fraction of sp³-hybridized carbons (Fsp3) is 0.235. The van der Waals surface area contributed by atoms with E-state index in [2.05, 4.69) is 4.98 Å². The largest absolute Gasteiger partial charge is 0.441 e. The highest BCUT2D eigenvalue weighted by Crippen LogP contribution is 2.24. The van der Waals surface area contributed by atoms with Crippen LogP contribution in [0.3, 0.4) is 0 Å². The molecule has 0 aliphatic carbocycles. The summed E-state index contributed by atoms with van der Waals surface area (Å²) in [5.41, 5.74) is 4.75. The van der Waals surface area contributed by atoms with E-state index in [1.165, 1.54) is 0 Å². The first kappa shape index (κ1) is 12.9. The zero-order valence-corrected chi connectivity index (χ0v) is 11.6. The summed E-state index contributed by atoms with van der Waals surface area (Å²) in [6.45, 7) is 4.03. The van der Waals surface area contributed by atoms with Crippen LogP contribution in [0.4, 0.5) is 0 Å². The highest BCUT2D eigenvalue weighted by atomic mass is 16.4. The van der Waals surface area contributed by atoms with Crippen LogP contribution in [0.15, 0.2) is 46.9 Å². The lowest BCUT2D eigenvalue weighted by Crippen LogP contribution is -2.04. The standard InChI is InChI=1S/C17H17NO2/c1-11-7-8-12(2)13(9-11)15(19)10-17-18-14-5-3-4-6-16(14)20-17/h3-9,15,19H,10H2,1-2H3. The first-order valence-electron chi connectivity index (χ1n) is 6.73. The molecule has 2 aromatic carbocycles. The Morgan fingerprint density at radius 3 is 2.75 bits per heavy atom. The molecule has 1 atom stereocenters. The lowest BCUT2D eigenvalue weighted by atomic mass is 9.99. The molecule has 1 unspecified atom stereocenters. The summed E-state index contributed by atoms with van der Waals surface area (Å²) in [5, 5.41) is 10.4. The molecule has 0 bridgehead atoms. The summed E-state index contributed by atoms with van der Waals surface area (Å²) >= 11 is 0. The molecule has 0 amide bonds. The molecule has 3 rings (SSSR count). The molecular weight excluding hydrogens is 250 g/mol. The van der Waals surface area contributed by atoms with Crippen molar-refractivity contribution in [1.29, 1.82) is 0 Å². The number of hydrogen-bond acceptors (Lipinski definition) is 3. The average Bonchev–Trinajstić information content (AvgIpc) is 2.83. The molecule has 102 valence electrons. The predicted octanol–water partition coefficient (Wildman–Crippen LogP) is 3.72. The number of aryl methyl sites for hydroxylation is 2. The number of oxazole rings is 1. The van der Waals surface area contributed by atoms with Crippen molar-refractivity contribution in [2.45, 2.75) is 26.4 Å².